The Kier molecular flexibility index (Phi) is 4.74. The van der Waals surface area contributed by atoms with Gasteiger partial charge in [-0.2, -0.15) is 0 Å². The summed E-state index contributed by atoms with van der Waals surface area (Å²) in [5.74, 6) is 1.20. The third kappa shape index (κ3) is 2.90. The van der Waals surface area contributed by atoms with Crippen molar-refractivity contribution in [3.05, 3.63) is 27.8 Å². The molecule has 0 aromatic heterocycles. The van der Waals surface area contributed by atoms with Gasteiger partial charge in [0.15, 0.2) is 0 Å². The summed E-state index contributed by atoms with van der Waals surface area (Å²) in [4.78, 5) is 12.3. The minimum atomic E-state index is 0. The van der Waals surface area contributed by atoms with Gasteiger partial charge in [0, 0.05) is 15.3 Å². The van der Waals surface area contributed by atoms with Crippen molar-refractivity contribution in [3.63, 3.8) is 0 Å². The number of fused-ring (bicyclic) bond motifs is 2. The number of hydrogen-bond acceptors (Lipinski definition) is 2. The number of carbonyl (C=O) groups is 1. The van der Waals surface area contributed by atoms with E-state index >= 15 is 0 Å². The third-order valence-electron chi connectivity index (χ3n) is 4.38. The first-order valence-electron chi connectivity index (χ1n) is 6.47. The van der Waals surface area contributed by atoms with Crippen molar-refractivity contribution in [1.29, 1.82) is 0 Å². The van der Waals surface area contributed by atoms with Crippen LogP contribution in [0.2, 0.25) is 0 Å². The van der Waals surface area contributed by atoms with Gasteiger partial charge in [0.2, 0.25) is 5.91 Å². The molecule has 2 aliphatic carbocycles. The average molecular weight is 393 g/mol. The molecule has 1 aromatic rings. The molecule has 1 amide bonds. The summed E-state index contributed by atoms with van der Waals surface area (Å²) < 4.78 is 1.13. The third-order valence-corrected chi connectivity index (χ3v) is 5.05. The van der Waals surface area contributed by atoms with E-state index < -0.39 is 0 Å². The molecule has 104 valence electrons. The van der Waals surface area contributed by atoms with E-state index in [-0.39, 0.29) is 30.3 Å². The summed E-state index contributed by atoms with van der Waals surface area (Å²) in [6, 6.07) is 7.94. The number of hydrogen-bond donors (Lipinski definition) is 2. The Balaban J connectivity index is 0.00000133. The van der Waals surface area contributed by atoms with E-state index in [0.717, 1.165) is 15.7 Å². The fourth-order valence-corrected chi connectivity index (χ4v) is 4.06. The molecule has 0 spiro atoms. The Hall–Kier alpha value is -0.330. The van der Waals surface area contributed by atoms with Crippen molar-refractivity contribution >= 4 is 46.6 Å². The normalized spacial score (nSPS) is 31.9. The molecule has 2 fully saturated rings. The van der Waals surface area contributed by atoms with Gasteiger partial charge in [-0.3, -0.25) is 4.79 Å². The Bertz CT molecular complexity index is 480. The minimum absolute atomic E-state index is 0. The van der Waals surface area contributed by atoms with Crippen LogP contribution in [0.1, 0.15) is 19.3 Å². The van der Waals surface area contributed by atoms with Gasteiger partial charge in [-0.1, -0.05) is 6.07 Å². The molecule has 3 N–H and O–H groups in total. The van der Waals surface area contributed by atoms with Crippen molar-refractivity contribution in [2.45, 2.75) is 25.3 Å². The van der Waals surface area contributed by atoms with Crippen molar-refractivity contribution < 1.29 is 4.79 Å². The van der Waals surface area contributed by atoms with Gasteiger partial charge >= 0.3 is 0 Å². The first-order chi connectivity index (χ1) is 8.65. The van der Waals surface area contributed by atoms with Crippen molar-refractivity contribution in [2.24, 2.45) is 23.5 Å². The number of carbonyl (C=O) groups excluding carboxylic acids is 1. The highest BCUT2D eigenvalue weighted by Crippen LogP contribution is 2.47. The SMILES string of the molecule is Cl.NC1C2CCC(C2)C1C(=O)Nc1cccc(I)c1. The number of benzene rings is 1. The highest BCUT2D eigenvalue weighted by Gasteiger charge is 2.49. The fourth-order valence-electron chi connectivity index (χ4n) is 3.52. The Labute approximate surface area is 133 Å². The Morgan fingerprint density at radius 3 is 2.68 bits per heavy atom. The average Bonchev–Trinajstić information content (AvgIpc) is 2.89. The van der Waals surface area contributed by atoms with Gasteiger partial charge < -0.3 is 11.1 Å². The topological polar surface area (TPSA) is 55.1 Å². The highest BCUT2D eigenvalue weighted by molar-refractivity contribution is 14.1. The van der Waals surface area contributed by atoms with Crippen molar-refractivity contribution in [1.82, 2.24) is 0 Å². The summed E-state index contributed by atoms with van der Waals surface area (Å²) in [7, 11) is 0. The molecule has 4 atom stereocenters. The molecule has 2 aliphatic rings. The number of nitrogens with two attached hydrogens (primary N) is 1. The second kappa shape index (κ2) is 5.97. The summed E-state index contributed by atoms with van der Waals surface area (Å²) in [5.41, 5.74) is 7.06. The van der Waals surface area contributed by atoms with E-state index in [1.165, 1.54) is 12.8 Å². The van der Waals surface area contributed by atoms with Crippen LogP contribution in [-0.2, 0) is 4.79 Å². The van der Waals surface area contributed by atoms with Crippen LogP contribution in [0, 0.1) is 21.3 Å². The van der Waals surface area contributed by atoms with Gasteiger partial charge in [0.1, 0.15) is 0 Å². The zero-order valence-corrected chi connectivity index (χ0v) is 13.5. The highest BCUT2D eigenvalue weighted by atomic mass is 127. The number of halogens is 2. The number of amides is 1. The lowest BCUT2D eigenvalue weighted by atomic mass is 9.84. The first kappa shape index (κ1) is 15.1. The molecule has 4 unspecified atom stereocenters. The van der Waals surface area contributed by atoms with E-state index in [9.17, 15) is 4.79 Å². The maximum atomic E-state index is 12.3. The lowest BCUT2D eigenvalue weighted by molar-refractivity contribution is -0.121. The molecule has 19 heavy (non-hydrogen) atoms. The van der Waals surface area contributed by atoms with Gasteiger partial charge in [0.25, 0.3) is 0 Å². The molecule has 0 heterocycles. The summed E-state index contributed by atoms with van der Waals surface area (Å²) in [6.07, 6.45) is 3.52. The maximum Gasteiger partial charge on any atom is 0.229 e. The second-order valence-electron chi connectivity index (χ2n) is 5.44. The van der Waals surface area contributed by atoms with Crippen LogP contribution in [0.25, 0.3) is 0 Å². The molecular formula is C14H18ClIN2O. The summed E-state index contributed by atoms with van der Waals surface area (Å²) in [5, 5.41) is 3.02. The van der Waals surface area contributed by atoms with E-state index in [1.54, 1.807) is 0 Å². The van der Waals surface area contributed by atoms with Crippen LogP contribution in [0.3, 0.4) is 0 Å². The van der Waals surface area contributed by atoms with Crippen LogP contribution < -0.4 is 11.1 Å². The molecule has 0 aliphatic heterocycles. The lowest BCUT2D eigenvalue weighted by Crippen LogP contribution is -2.42. The number of anilines is 1. The quantitative estimate of drug-likeness (QED) is 0.760. The molecule has 2 saturated carbocycles. The van der Waals surface area contributed by atoms with Crippen molar-refractivity contribution in [3.8, 4) is 0 Å². The lowest BCUT2D eigenvalue weighted by Gasteiger charge is -2.27. The largest absolute Gasteiger partial charge is 0.327 e. The standard InChI is InChI=1S/C14H17IN2O.ClH/c15-10-2-1-3-11(7-10)17-14(18)12-8-4-5-9(6-8)13(12)16;/h1-3,7-9,12-13H,4-6,16H2,(H,17,18);1H. The van der Waals surface area contributed by atoms with Gasteiger partial charge in [-0.05, 0) is 71.9 Å². The number of nitrogens with one attached hydrogen (secondary N) is 1. The molecule has 0 radical (unpaired) electrons. The van der Waals surface area contributed by atoms with Crippen LogP contribution in [-0.4, -0.2) is 11.9 Å². The predicted molar refractivity (Wildman–Crippen MR) is 87.3 cm³/mol. The van der Waals surface area contributed by atoms with Crippen LogP contribution in [0.5, 0.6) is 0 Å². The van der Waals surface area contributed by atoms with Crippen LogP contribution in [0.15, 0.2) is 24.3 Å². The molecular weight excluding hydrogens is 375 g/mol. The van der Waals surface area contributed by atoms with Crippen LogP contribution in [0.4, 0.5) is 5.69 Å². The maximum absolute atomic E-state index is 12.3. The zero-order chi connectivity index (χ0) is 12.7. The van der Waals surface area contributed by atoms with E-state index in [2.05, 4.69) is 27.9 Å². The zero-order valence-electron chi connectivity index (χ0n) is 10.5. The molecule has 3 nitrogen and oxygen atoms in total. The van der Waals surface area contributed by atoms with Gasteiger partial charge in [-0.15, -0.1) is 12.4 Å². The van der Waals surface area contributed by atoms with E-state index in [1.807, 2.05) is 24.3 Å². The summed E-state index contributed by atoms with van der Waals surface area (Å²) in [6.45, 7) is 0. The summed E-state index contributed by atoms with van der Waals surface area (Å²) >= 11 is 2.25. The Morgan fingerprint density at radius 1 is 1.32 bits per heavy atom. The molecule has 0 saturated heterocycles. The predicted octanol–water partition coefficient (Wildman–Crippen LogP) is 3.02. The molecule has 3 rings (SSSR count). The van der Waals surface area contributed by atoms with E-state index in [4.69, 9.17) is 5.73 Å². The second-order valence-corrected chi connectivity index (χ2v) is 6.68. The molecule has 5 heteroatoms. The van der Waals surface area contributed by atoms with Gasteiger partial charge in [0.05, 0.1) is 5.92 Å². The Morgan fingerprint density at radius 2 is 2.05 bits per heavy atom. The first-order valence-corrected chi connectivity index (χ1v) is 7.55. The number of rotatable bonds is 2. The van der Waals surface area contributed by atoms with Crippen molar-refractivity contribution in [2.75, 3.05) is 5.32 Å². The fraction of sp³-hybridized carbons (Fsp3) is 0.500. The van der Waals surface area contributed by atoms with E-state index in [0.29, 0.717) is 11.8 Å². The monoisotopic (exact) mass is 392 g/mol. The van der Waals surface area contributed by atoms with Gasteiger partial charge in [-0.25, -0.2) is 0 Å². The smallest absolute Gasteiger partial charge is 0.229 e. The molecule has 2 bridgehead atoms. The van der Waals surface area contributed by atoms with Crippen LogP contribution >= 0.6 is 35.0 Å². The minimum Gasteiger partial charge on any atom is -0.327 e. The molecule has 1 aromatic carbocycles.